The van der Waals surface area contributed by atoms with Gasteiger partial charge in [-0.1, -0.05) is 17.4 Å². The largest absolute Gasteiger partial charge is 0.493 e. The van der Waals surface area contributed by atoms with Crippen LogP contribution in [0.4, 0.5) is 5.69 Å². The quantitative estimate of drug-likeness (QED) is 0.223. The number of fused-ring (bicyclic) bond motifs is 2. The van der Waals surface area contributed by atoms with Crippen LogP contribution in [0, 0.1) is 10.1 Å². The Morgan fingerprint density at radius 2 is 1.98 bits per heavy atom. The van der Waals surface area contributed by atoms with Crippen LogP contribution >= 0.6 is 11.3 Å². The lowest BCUT2D eigenvalue weighted by molar-refractivity contribution is -0.385. The van der Waals surface area contributed by atoms with Gasteiger partial charge >= 0.3 is 5.97 Å². The summed E-state index contributed by atoms with van der Waals surface area (Å²) >= 11 is 1.05. The third-order valence-corrected chi connectivity index (χ3v) is 7.37. The van der Waals surface area contributed by atoms with Crippen molar-refractivity contribution in [1.29, 1.82) is 0 Å². The second-order valence-corrected chi connectivity index (χ2v) is 10.4. The zero-order valence-electron chi connectivity index (χ0n) is 23.0. The van der Waals surface area contributed by atoms with Crippen LogP contribution in [-0.2, 0) is 9.53 Å². The number of nitro benzene ring substituents is 1. The van der Waals surface area contributed by atoms with Gasteiger partial charge in [-0.25, -0.2) is 9.79 Å². The number of ether oxygens (including phenoxy) is 5. The van der Waals surface area contributed by atoms with Gasteiger partial charge in [0.15, 0.2) is 27.8 Å². The van der Waals surface area contributed by atoms with Gasteiger partial charge in [-0.2, -0.15) is 0 Å². The molecule has 1 atom stereocenters. The predicted molar refractivity (Wildman–Crippen MR) is 148 cm³/mol. The van der Waals surface area contributed by atoms with Crippen LogP contribution in [0.1, 0.15) is 44.9 Å². The van der Waals surface area contributed by atoms with Crippen LogP contribution in [0.5, 0.6) is 23.0 Å². The molecular weight excluding hydrogens is 554 g/mol. The lowest BCUT2D eigenvalue weighted by Crippen LogP contribution is -2.40. The lowest BCUT2D eigenvalue weighted by Gasteiger charge is -2.25. The van der Waals surface area contributed by atoms with Crippen molar-refractivity contribution in [2.24, 2.45) is 4.99 Å². The summed E-state index contributed by atoms with van der Waals surface area (Å²) in [5.74, 6) is 0.910. The van der Waals surface area contributed by atoms with Crippen LogP contribution in [0.15, 0.2) is 51.4 Å². The number of thiazole rings is 1. The number of esters is 1. The number of allylic oxidation sites excluding steroid dienone is 1. The highest BCUT2D eigenvalue weighted by Gasteiger charge is 2.34. The molecule has 5 rings (SSSR count). The van der Waals surface area contributed by atoms with E-state index in [-0.39, 0.29) is 46.6 Å². The minimum absolute atomic E-state index is 0.0570. The number of rotatable bonds is 8. The van der Waals surface area contributed by atoms with E-state index >= 15 is 0 Å². The minimum Gasteiger partial charge on any atom is -0.493 e. The van der Waals surface area contributed by atoms with E-state index in [9.17, 15) is 19.7 Å². The van der Waals surface area contributed by atoms with Crippen molar-refractivity contribution in [3.05, 3.63) is 82.5 Å². The van der Waals surface area contributed by atoms with Crippen LogP contribution in [-0.4, -0.2) is 42.1 Å². The van der Waals surface area contributed by atoms with Gasteiger partial charge < -0.3 is 23.7 Å². The maximum absolute atomic E-state index is 13.9. The van der Waals surface area contributed by atoms with Crippen molar-refractivity contribution in [2.45, 2.75) is 39.8 Å². The molecule has 0 spiro atoms. The van der Waals surface area contributed by atoms with Gasteiger partial charge in [-0.05, 0) is 57.5 Å². The molecule has 12 nitrogen and oxygen atoms in total. The first-order valence-electron chi connectivity index (χ1n) is 12.7. The van der Waals surface area contributed by atoms with Gasteiger partial charge in [0.1, 0.15) is 0 Å². The van der Waals surface area contributed by atoms with Crippen molar-refractivity contribution in [3.8, 4) is 23.0 Å². The Morgan fingerprint density at radius 3 is 2.63 bits per heavy atom. The molecule has 0 aliphatic carbocycles. The summed E-state index contributed by atoms with van der Waals surface area (Å²) < 4.78 is 29.0. The fourth-order valence-corrected chi connectivity index (χ4v) is 5.71. The summed E-state index contributed by atoms with van der Waals surface area (Å²) in [6.07, 6.45) is 1.31. The van der Waals surface area contributed by atoms with E-state index in [1.807, 2.05) is 13.8 Å². The monoisotopic (exact) mass is 581 g/mol. The Bertz CT molecular complexity index is 1770. The molecule has 0 saturated carbocycles. The Hall–Kier alpha value is -4.65. The molecule has 3 heterocycles. The van der Waals surface area contributed by atoms with E-state index in [1.165, 1.54) is 29.9 Å². The van der Waals surface area contributed by atoms with Crippen LogP contribution in [0.25, 0.3) is 6.08 Å². The van der Waals surface area contributed by atoms with Crippen molar-refractivity contribution < 1.29 is 33.4 Å². The third kappa shape index (κ3) is 5.15. The summed E-state index contributed by atoms with van der Waals surface area (Å²) in [5, 5.41) is 11.8. The zero-order valence-corrected chi connectivity index (χ0v) is 23.8. The van der Waals surface area contributed by atoms with Gasteiger partial charge in [0, 0.05) is 0 Å². The van der Waals surface area contributed by atoms with E-state index in [1.54, 1.807) is 32.0 Å². The highest BCUT2D eigenvalue weighted by Crippen LogP contribution is 2.39. The van der Waals surface area contributed by atoms with E-state index in [4.69, 9.17) is 23.7 Å². The average molecular weight is 582 g/mol. The van der Waals surface area contributed by atoms with Gasteiger partial charge in [-0.3, -0.25) is 19.5 Å². The first-order valence-corrected chi connectivity index (χ1v) is 13.6. The maximum atomic E-state index is 13.9. The SMILES string of the molecule is CCOC(=O)C1=C(C)N=c2s/c(=C/c3cc4c(cc3[N+](=O)[O-])OCO4)c(=O)n2[C@@H]1c1ccc(OC(C)C)c(OC)c1. The highest BCUT2D eigenvalue weighted by molar-refractivity contribution is 7.07. The van der Waals surface area contributed by atoms with Gasteiger partial charge in [0.2, 0.25) is 6.79 Å². The summed E-state index contributed by atoms with van der Waals surface area (Å²) in [6.45, 7) is 7.22. The van der Waals surface area contributed by atoms with E-state index in [0.717, 1.165) is 11.3 Å². The van der Waals surface area contributed by atoms with E-state index in [0.29, 0.717) is 33.3 Å². The van der Waals surface area contributed by atoms with Gasteiger partial charge in [0.05, 0.1) is 58.2 Å². The number of hydrogen-bond acceptors (Lipinski definition) is 11. The number of carbonyl (C=O) groups is 1. The Kier molecular flexibility index (Phi) is 7.54. The molecule has 0 radical (unpaired) electrons. The molecule has 13 heteroatoms. The fraction of sp³-hybridized carbons (Fsp3) is 0.321. The third-order valence-electron chi connectivity index (χ3n) is 6.39. The number of benzene rings is 2. The van der Waals surface area contributed by atoms with Crippen molar-refractivity contribution in [2.75, 3.05) is 20.5 Å². The van der Waals surface area contributed by atoms with E-state index in [2.05, 4.69) is 4.99 Å². The first kappa shape index (κ1) is 27.9. The number of carbonyl (C=O) groups excluding carboxylic acids is 1. The molecule has 0 amide bonds. The van der Waals surface area contributed by atoms with Crippen molar-refractivity contribution in [1.82, 2.24) is 4.57 Å². The molecule has 214 valence electrons. The average Bonchev–Trinajstić information content (AvgIpc) is 3.50. The molecule has 0 fully saturated rings. The number of nitro groups is 1. The van der Waals surface area contributed by atoms with Crippen molar-refractivity contribution >= 4 is 29.1 Å². The van der Waals surface area contributed by atoms with E-state index < -0.39 is 22.5 Å². The van der Waals surface area contributed by atoms with Crippen LogP contribution in [0.2, 0.25) is 0 Å². The zero-order chi connectivity index (χ0) is 29.4. The topological polar surface area (TPSA) is 141 Å². The summed E-state index contributed by atoms with van der Waals surface area (Å²) in [7, 11) is 1.50. The Labute approximate surface area is 237 Å². The van der Waals surface area contributed by atoms with Gasteiger partial charge in [-0.15, -0.1) is 0 Å². The Morgan fingerprint density at radius 1 is 1.24 bits per heavy atom. The van der Waals surface area contributed by atoms with Crippen LogP contribution in [0.3, 0.4) is 0 Å². The van der Waals surface area contributed by atoms with Crippen molar-refractivity contribution in [3.63, 3.8) is 0 Å². The standard InChI is InChI=1S/C28H27N3O9S/c1-6-37-27(33)24-15(4)29-28-30(25(24)16-7-8-19(40-14(2)3)20(9-16)36-5)26(32)23(41-28)11-17-10-21-22(39-13-38-21)12-18(17)31(34)35/h7-12,14,25H,6,13H2,1-5H3/b23-11+/t25-/m1/s1. The smallest absolute Gasteiger partial charge is 0.338 e. The summed E-state index contributed by atoms with van der Waals surface area (Å²) in [4.78, 5) is 43.3. The predicted octanol–water partition coefficient (Wildman–Crippen LogP) is 3.23. The second kappa shape index (κ2) is 11.1. The molecule has 0 unspecified atom stereocenters. The molecule has 3 aromatic rings. The molecule has 0 saturated heterocycles. The molecule has 0 bridgehead atoms. The minimum atomic E-state index is -0.902. The molecule has 2 aromatic carbocycles. The molecule has 1 aromatic heterocycles. The Balaban J connectivity index is 1.72. The second-order valence-electron chi connectivity index (χ2n) is 9.40. The highest BCUT2D eigenvalue weighted by atomic mass is 32.1. The number of nitrogens with zero attached hydrogens (tertiary/aromatic N) is 3. The normalized spacial score (nSPS) is 16.0. The van der Waals surface area contributed by atoms with Crippen LogP contribution < -0.4 is 33.8 Å². The number of methoxy groups -OCH3 is 1. The molecule has 2 aliphatic heterocycles. The summed E-state index contributed by atoms with van der Waals surface area (Å²) in [5.41, 5.74) is 0.583. The number of hydrogen-bond donors (Lipinski definition) is 0. The van der Waals surface area contributed by atoms with Gasteiger partial charge in [0.25, 0.3) is 11.2 Å². The maximum Gasteiger partial charge on any atom is 0.338 e. The molecule has 0 N–H and O–H groups in total. The summed E-state index contributed by atoms with van der Waals surface area (Å²) in [6, 6.07) is 7.01. The molecular formula is C28H27N3O9S. The molecule has 41 heavy (non-hydrogen) atoms. The molecule has 2 aliphatic rings. The number of aromatic nitrogens is 1. The first-order chi connectivity index (χ1) is 19.6. The fourth-order valence-electron chi connectivity index (χ4n) is 4.67. The lowest BCUT2D eigenvalue weighted by atomic mass is 9.95.